The molecule has 1 atom stereocenters. The Kier molecular flexibility index (Phi) is 8.79. The molecule has 2 aromatic heterocycles. The van der Waals surface area contributed by atoms with Gasteiger partial charge in [-0.1, -0.05) is 37.0 Å². The Hall–Kier alpha value is -2.35. The average molecular weight is 508 g/mol. The lowest BCUT2D eigenvalue weighted by molar-refractivity contribution is 0.227. The molecule has 3 aromatic rings. The summed E-state index contributed by atoms with van der Waals surface area (Å²) in [6.07, 6.45) is 9.02. The van der Waals surface area contributed by atoms with Gasteiger partial charge in [0.05, 0.1) is 11.2 Å². The van der Waals surface area contributed by atoms with Crippen LogP contribution in [-0.2, 0) is 7.05 Å². The van der Waals surface area contributed by atoms with Crippen molar-refractivity contribution < 1.29 is 9.13 Å². The Balaban J connectivity index is 0.000000299. The van der Waals surface area contributed by atoms with Crippen molar-refractivity contribution in [2.75, 3.05) is 18.8 Å². The van der Waals surface area contributed by atoms with E-state index in [1.807, 2.05) is 27.1 Å². The number of nitrogens with two attached hydrogens (primary N) is 1. The fourth-order valence-electron chi connectivity index (χ4n) is 3.84. The third-order valence-corrected chi connectivity index (χ3v) is 6.71. The zero-order valence-corrected chi connectivity index (χ0v) is 21.5. The highest BCUT2D eigenvalue weighted by molar-refractivity contribution is 6.36. The molecule has 3 N–H and O–H groups in total. The number of nitrogens with zero attached hydrogens (tertiary/aromatic N) is 3. The quantitative estimate of drug-likeness (QED) is 0.397. The SMILES string of the molecule is C1CC2(CC2)CN1.CC.CC(Oc1cc(-c2cnn(C)c2)cnc1N)c1c(Cl)ccc(F)c1Cl. The Labute approximate surface area is 210 Å². The molecule has 9 heteroatoms. The van der Waals surface area contributed by atoms with Crippen molar-refractivity contribution in [2.45, 2.75) is 46.1 Å². The number of aryl methyl sites for hydroxylation is 1. The number of hydrogen-bond donors (Lipinski definition) is 2. The molecule has 0 radical (unpaired) electrons. The Morgan fingerprint density at radius 2 is 1.91 bits per heavy atom. The number of ether oxygens (including phenoxy) is 1. The molecule has 184 valence electrons. The third-order valence-electron chi connectivity index (χ3n) is 6.00. The normalized spacial score (nSPS) is 16.2. The van der Waals surface area contributed by atoms with Crippen LogP contribution in [0.3, 0.4) is 0 Å². The number of rotatable bonds is 4. The zero-order chi connectivity index (χ0) is 24.9. The van der Waals surface area contributed by atoms with E-state index in [4.69, 9.17) is 33.7 Å². The van der Waals surface area contributed by atoms with Crippen molar-refractivity contribution in [3.63, 3.8) is 0 Å². The number of nitrogen functional groups attached to an aromatic ring is 1. The van der Waals surface area contributed by atoms with Gasteiger partial charge in [-0.15, -0.1) is 0 Å². The van der Waals surface area contributed by atoms with Crippen LogP contribution in [0.2, 0.25) is 10.0 Å². The molecule has 0 bridgehead atoms. The van der Waals surface area contributed by atoms with Gasteiger partial charge in [0.15, 0.2) is 11.6 Å². The molecule has 1 aliphatic carbocycles. The van der Waals surface area contributed by atoms with E-state index in [-0.39, 0.29) is 10.8 Å². The molecule has 2 aliphatic rings. The molecule has 5 rings (SSSR count). The fraction of sp³-hybridized carbons (Fsp3) is 0.440. The highest BCUT2D eigenvalue weighted by Crippen LogP contribution is 2.50. The van der Waals surface area contributed by atoms with Crippen molar-refractivity contribution in [3.05, 3.63) is 58.2 Å². The van der Waals surface area contributed by atoms with E-state index in [0.29, 0.717) is 16.3 Å². The first-order valence-electron chi connectivity index (χ1n) is 11.5. The van der Waals surface area contributed by atoms with Crippen molar-refractivity contribution in [2.24, 2.45) is 12.5 Å². The van der Waals surface area contributed by atoms with Gasteiger partial charge < -0.3 is 15.8 Å². The maximum atomic E-state index is 13.7. The van der Waals surface area contributed by atoms with Crippen LogP contribution in [0.1, 0.15) is 51.7 Å². The molecular weight excluding hydrogens is 476 g/mol. The number of benzene rings is 1. The van der Waals surface area contributed by atoms with Crippen LogP contribution in [-0.4, -0.2) is 27.9 Å². The first kappa shape index (κ1) is 26.3. The van der Waals surface area contributed by atoms with E-state index in [9.17, 15) is 4.39 Å². The molecule has 1 saturated heterocycles. The number of pyridine rings is 1. The maximum absolute atomic E-state index is 13.7. The molecule has 1 spiro atoms. The molecule has 6 nitrogen and oxygen atoms in total. The Morgan fingerprint density at radius 3 is 2.47 bits per heavy atom. The number of halogens is 3. The first-order valence-corrected chi connectivity index (χ1v) is 12.3. The minimum absolute atomic E-state index is 0.0741. The van der Waals surface area contributed by atoms with Crippen molar-refractivity contribution in [3.8, 4) is 16.9 Å². The predicted octanol–water partition coefficient (Wildman–Crippen LogP) is 6.44. The Bertz CT molecular complexity index is 1110. The molecule has 1 aromatic carbocycles. The maximum Gasteiger partial charge on any atom is 0.166 e. The third kappa shape index (κ3) is 6.20. The highest BCUT2D eigenvalue weighted by Gasteiger charge is 2.44. The Morgan fingerprint density at radius 1 is 1.18 bits per heavy atom. The molecule has 34 heavy (non-hydrogen) atoms. The van der Waals surface area contributed by atoms with E-state index < -0.39 is 11.9 Å². The van der Waals surface area contributed by atoms with Gasteiger partial charge in [-0.05, 0) is 56.3 Å². The number of nitrogens with one attached hydrogen (secondary N) is 1. The van der Waals surface area contributed by atoms with Crippen LogP contribution < -0.4 is 15.8 Å². The average Bonchev–Trinajstić information content (AvgIpc) is 3.19. The summed E-state index contributed by atoms with van der Waals surface area (Å²) in [6, 6.07) is 4.39. The summed E-state index contributed by atoms with van der Waals surface area (Å²) in [4.78, 5) is 4.15. The summed E-state index contributed by atoms with van der Waals surface area (Å²) in [6.45, 7) is 8.30. The summed E-state index contributed by atoms with van der Waals surface area (Å²) < 4.78 is 21.3. The second-order valence-electron chi connectivity index (χ2n) is 8.45. The van der Waals surface area contributed by atoms with Crippen molar-refractivity contribution in [1.29, 1.82) is 0 Å². The number of hydrogen-bond acceptors (Lipinski definition) is 5. The summed E-state index contributed by atoms with van der Waals surface area (Å²) in [5, 5.41) is 7.74. The van der Waals surface area contributed by atoms with E-state index in [1.165, 1.54) is 44.5 Å². The zero-order valence-electron chi connectivity index (χ0n) is 20.0. The van der Waals surface area contributed by atoms with Crippen LogP contribution in [0.4, 0.5) is 10.2 Å². The van der Waals surface area contributed by atoms with Crippen LogP contribution in [0.15, 0.2) is 36.8 Å². The van der Waals surface area contributed by atoms with E-state index >= 15 is 0 Å². The van der Waals surface area contributed by atoms with Gasteiger partial charge in [0.1, 0.15) is 11.9 Å². The molecule has 1 aliphatic heterocycles. The van der Waals surface area contributed by atoms with Crippen LogP contribution in [0.5, 0.6) is 5.75 Å². The standard InChI is InChI=1S/C17H15Cl2FN4O.C6H11N.C2H6/c1-9(15-12(18)3-4-13(20)16(15)19)25-14-5-10(6-22-17(14)21)11-7-23-24(2)8-11;1-2-6(1)3-4-7-5-6;1-2/h3-9H,1-2H3,(H2,21,22);7H,1-5H2;1-2H3. The van der Waals surface area contributed by atoms with Gasteiger partial charge in [-0.2, -0.15) is 5.10 Å². The van der Waals surface area contributed by atoms with Crippen molar-refractivity contribution >= 4 is 29.0 Å². The monoisotopic (exact) mass is 507 g/mol. The van der Waals surface area contributed by atoms with Gasteiger partial charge in [0.25, 0.3) is 0 Å². The van der Waals surface area contributed by atoms with Crippen LogP contribution in [0.25, 0.3) is 11.1 Å². The minimum atomic E-state index is -0.621. The molecule has 0 amide bonds. The molecule has 1 unspecified atom stereocenters. The van der Waals surface area contributed by atoms with Gasteiger partial charge in [0, 0.05) is 47.7 Å². The summed E-state index contributed by atoms with van der Waals surface area (Å²) >= 11 is 12.2. The number of aromatic nitrogens is 3. The largest absolute Gasteiger partial charge is 0.482 e. The van der Waals surface area contributed by atoms with Gasteiger partial charge in [0.2, 0.25) is 0 Å². The lowest BCUT2D eigenvalue weighted by Gasteiger charge is -2.19. The lowest BCUT2D eigenvalue weighted by Crippen LogP contribution is -2.08. The summed E-state index contributed by atoms with van der Waals surface area (Å²) in [7, 11) is 1.82. The van der Waals surface area contributed by atoms with E-state index in [2.05, 4.69) is 15.4 Å². The second-order valence-corrected chi connectivity index (χ2v) is 9.24. The first-order chi connectivity index (χ1) is 16.3. The lowest BCUT2D eigenvalue weighted by atomic mass is 10.1. The minimum Gasteiger partial charge on any atom is -0.482 e. The van der Waals surface area contributed by atoms with Gasteiger partial charge >= 0.3 is 0 Å². The van der Waals surface area contributed by atoms with Crippen LogP contribution >= 0.6 is 23.2 Å². The van der Waals surface area contributed by atoms with Crippen LogP contribution in [0, 0.1) is 11.2 Å². The van der Waals surface area contributed by atoms with Gasteiger partial charge in [-0.25, -0.2) is 9.37 Å². The topological polar surface area (TPSA) is 78.0 Å². The van der Waals surface area contributed by atoms with Gasteiger partial charge in [-0.3, -0.25) is 4.68 Å². The molecule has 2 fully saturated rings. The fourth-order valence-corrected chi connectivity index (χ4v) is 4.52. The van der Waals surface area contributed by atoms with Crippen molar-refractivity contribution in [1.82, 2.24) is 20.1 Å². The van der Waals surface area contributed by atoms with E-state index in [1.54, 1.807) is 30.1 Å². The highest BCUT2D eigenvalue weighted by atomic mass is 35.5. The summed E-state index contributed by atoms with van der Waals surface area (Å²) in [5.74, 6) is 0.000102. The summed E-state index contributed by atoms with van der Waals surface area (Å²) in [5.41, 5.74) is 8.76. The molecule has 3 heterocycles. The predicted molar refractivity (Wildman–Crippen MR) is 137 cm³/mol. The van der Waals surface area contributed by atoms with E-state index in [0.717, 1.165) is 16.5 Å². The number of anilines is 1. The molecular formula is C25H32Cl2FN5O. The smallest absolute Gasteiger partial charge is 0.166 e. The second kappa shape index (κ2) is 11.4. The molecule has 1 saturated carbocycles.